The zero-order valence-corrected chi connectivity index (χ0v) is 16.1. The quantitative estimate of drug-likeness (QED) is 0.247. The predicted octanol–water partition coefficient (Wildman–Crippen LogP) is 5.91. The molecule has 0 radical (unpaired) electrons. The summed E-state index contributed by atoms with van der Waals surface area (Å²) in [5.74, 6) is -0.407. The van der Waals surface area contributed by atoms with E-state index in [1.165, 1.54) is 64.2 Å². The maximum atomic E-state index is 11.7. The summed E-state index contributed by atoms with van der Waals surface area (Å²) in [6.07, 6.45) is 11.4. The molecule has 0 aliphatic rings. The molecule has 26 heavy (non-hydrogen) atoms. The maximum Gasteiger partial charge on any atom is 0.513 e. The van der Waals surface area contributed by atoms with E-state index in [0.717, 1.165) is 19.3 Å². The molecule has 146 valence electrons. The molecule has 0 heterocycles. The van der Waals surface area contributed by atoms with Crippen LogP contribution in [0.5, 0.6) is 5.75 Å². The third-order valence-electron chi connectivity index (χ3n) is 4.20. The van der Waals surface area contributed by atoms with Gasteiger partial charge in [-0.3, -0.25) is 0 Å². The van der Waals surface area contributed by atoms with E-state index in [1.54, 1.807) is 12.1 Å². The van der Waals surface area contributed by atoms with Crippen molar-refractivity contribution >= 4 is 12.1 Å². The fraction of sp³-hybridized carbons (Fsp3) is 0.619. The van der Waals surface area contributed by atoms with Crippen molar-refractivity contribution in [1.29, 1.82) is 0 Å². The molecule has 0 fully saturated rings. The summed E-state index contributed by atoms with van der Waals surface area (Å²) in [5, 5.41) is 0. The molecule has 0 spiro atoms. The Kier molecular flexibility index (Phi) is 12.0. The van der Waals surface area contributed by atoms with E-state index in [9.17, 15) is 9.59 Å². The maximum absolute atomic E-state index is 11.7. The van der Waals surface area contributed by atoms with Crippen LogP contribution in [0.1, 0.15) is 81.5 Å². The fourth-order valence-corrected chi connectivity index (χ4v) is 2.70. The Hall–Kier alpha value is -2.04. The van der Waals surface area contributed by atoms with E-state index in [1.807, 2.05) is 0 Å². The number of carbonyl (C=O) groups is 2. The molecule has 0 saturated heterocycles. The highest BCUT2D eigenvalue weighted by molar-refractivity contribution is 5.93. The van der Waals surface area contributed by atoms with Crippen LogP contribution < -0.4 is 4.74 Å². The Balaban J connectivity index is 2.10. The summed E-state index contributed by atoms with van der Waals surface area (Å²) in [6.45, 7) is 2.56. The number of hydrogen-bond donors (Lipinski definition) is 0. The molecule has 0 amide bonds. The lowest BCUT2D eigenvalue weighted by Gasteiger charge is -2.09. The molecule has 5 nitrogen and oxygen atoms in total. The number of rotatable bonds is 13. The standard InChI is InChI=1S/C21H32O5/c1-3-4-5-6-7-8-9-10-11-14-17-25-21(23)26-19-16-13-12-15-18(19)20(22)24-2/h12-13,15-16H,3-11,14,17H2,1-2H3. The lowest BCUT2D eigenvalue weighted by atomic mass is 10.1. The highest BCUT2D eigenvalue weighted by Crippen LogP contribution is 2.19. The number of methoxy groups -OCH3 is 1. The molecule has 0 atom stereocenters. The monoisotopic (exact) mass is 364 g/mol. The Labute approximate surface area is 157 Å². The van der Waals surface area contributed by atoms with Gasteiger partial charge in [-0.05, 0) is 18.6 Å². The zero-order chi connectivity index (χ0) is 19.0. The molecule has 0 bridgehead atoms. The number of ether oxygens (including phenoxy) is 3. The highest BCUT2D eigenvalue weighted by atomic mass is 16.7. The van der Waals surface area contributed by atoms with Gasteiger partial charge in [0.1, 0.15) is 11.3 Å². The molecule has 0 aromatic heterocycles. The van der Waals surface area contributed by atoms with Gasteiger partial charge in [0.25, 0.3) is 0 Å². The van der Waals surface area contributed by atoms with E-state index in [4.69, 9.17) is 9.47 Å². The Bertz CT molecular complexity index is 527. The Morgan fingerprint density at radius 1 is 0.846 bits per heavy atom. The minimum absolute atomic E-state index is 0.146. The van der Waals surface area contributed by atoms with Crippen LogP contribution in [0.4, 0.5) is 4.79 Å². The summed E-state index contributed by atoms with van der Waals surface area (Å²) in [6, 6.07) is 6.43. The number of benzene rings is 1. The molecular formula is C21H32O5. The first-order valence-corrected chi connectivity index (χ1v) is 9.71. The molecule has 1 rings (SSSR count). The average molecular weight is 364 g/mol. The van der Waals surface area contributed by atoms with Crippen molar-refractivity contribution < 1.29 is 23.8 Å². The first-order chi connectivity index (χ1) is 12.7. The third-order valence-corrected chi connectivity index (χ3v) is 4.20. The summed E-state index contributed by atoms with van der Waals surface area (Å²) >= 11 is 0. The summed E-state index contributed by atoms with van der Waals surface area (Å²) in [7, 11) is 1.28. The van der Waals surface area contributed by atoms with Gasteiger partial charge < -0.3 is 14.2 Å². The largest absolute Gasteiger partial charge is 0.513 e. The van der Waals surface area contributed by atoms with Crippen LogP contribution in [0.3, 0.4) is 0 Å². The van der Waals surface area contributed by atoms with Gasteiger partial charge in [-0.1, -0.05) is 76.8 Å². The minimum Gasteiger partial charge on any atom is -0.465 e. The first kappa shape index (κ1) is 22.0. The van der Waals surface area contributed by atoms with Crippen molar-refractivity contribution in [2.24, 2.45) is 0 Å². The van der Waals surface area contributed by atoms with Crippen LogP contribution in [0.15, 0.2) is 24.3 Å². The van der Waals surface area contributed by atoms with Crippen molar-refractivity contribution in [3.63, 3.8) is 0 Å². The lowest BCUT2D eigenvalue weighted by molar-refractivity contribution is 0.0594. The second-order valence-corrected chi connectivity index (χ2v) is 6.37. The molecular weight excluding hydrogens is 332 g/mol. The van der Waals surface area contributed by atoms with Crippen LogP contribution in [-0.2, 0) is 9.47 Å². The van der Waals surface area contributed by atoms with Crippen LogP contribution in [0, 0.1) is 0 Å². The lowest BCUT2D eigenvalue weighted by Crippen LogP contribution is -2.14. The molecule has 5 heteroatoms. The predicted molar refractivity (Wildman–Crippen MR) is 102 cm³/mol. The van der Waals surface area contributed by atoms with Gasteiger partial charge in [0.2, 0.25) is 0 Å². The summed E-state index contributed by atoms with van der Waals surface area (Å²) in [4.78, 5) is 23.4. The molecule has 0 N–H and O–H groups in total. The second-order valence-electron chi connectivity index (χ2n) is 6.37. The summed E-state index contributed by atoms with van der Waals surface area (Å²) < 4.78 is 14.8. The van der Waals surface area contributed by atoms with Crippen molar-refractivity contribution in [2.45, 2.75) is 71.1 Å². The fourth-order valence-electron chi connectivity index (χ4n) is 2.70. The molecule has 0 aliphatic carbocycles. The smallest absolute Gasteiger partial charge is 0.465 e. The Morgan fingerprint density at radius 2 is 1.42 bits per heavy atom. The zero-order valence-electron chi connectivity index (χ0n) is 16.1. The van der Waals surface area contributed by atoms with E-state index in [2.05, 4.69) is 11.7 Å². The van der Waals surface area contributed by atoms with Gasteiger partial charge in [0.15, 0.2) is 0 Å². The van der Waals surface area contributed by atoms with Gasteiger partial charge in [0, 0.05) is 0 Å². The number of para-hydroxylation sites is 1. The van der Waals surface area contributed by atoms with Crippen molar-refractivity contribution in [2.75, 3.05) is 13.7 Å². The van der Waals surface area contributed by atoms with Gasteiger partial charge in [-0.2, -0.15) is 0 Å². The van der Waals surface area contributed by atoms with Gasteiger partial charge in [-0.25, -0.2) is 9.59 Å². The highest BCUT2D eigenvalue weighted by Gasteiger charge is 2.15. The van der Waals surface area contributed by atoms with Gasteiger partial charge in [0.05, 0.1) is 13.7 Å². The molecule has 1 aromatic rings. The van der Waals surface area contributed by atoms with Crippen molar-refractivity contribution in [3.05, 3.63) is 29.8 Å². The number of hydrogen-bond acceptors (Lipinski definition) is 5. The SMILES string of the molecule is CCCCCCCCCCCCOC(=O)Oc1ccccc1C(=O)OC. The van der Waals surface area contributed by atoms with E-state index >= 15 is 0 Å². The Morgan fingerprint density at radius 3 is 2.04 bits per heavy atom. The molecule has 0 aliphatic heterocycles. The van der Waals surface area contributed by atoms with E-state index < -0.39 is 12.1 Å². The van der Waals surface area contributed by atoms with Crippen LogP contribution >= 0.6 is 0 Å². The van der Waals surface area contributed by atoms with Gasteiger partial charge in [-0.15, -0.1) is 0 Å². The first-order valence-electron chi connectivity index (χ1n) is 9.71. The minimum atomic E-state index is -0.794. The molecule has 0 saturated carbocycles. The number of esters is 1. The van der Waals surface area contributed by atoms with Crippen LogP contribution in [0.2, 0.25) is 0 Å². The third kappa shape index (κ3) is 9.44. The average Bonchev–Trinajstić information content (AvgIpc) is 2.66. The summed E-state index contributed by atoms with van der Waals surface area (Å²) in [5.41, 5.74) is 0.200. The topological polar surface area (TPSA) is 61.8 Å². The van der Waals surface area contributed by atoms with Gasteiger partial charge >= 0.3 is 12.1 Å². The number of unbranched alkanes of at least 4 members (excludes halogenated alkanes) is 9. The normalized spacial score (nSPS) is 10.4. The number of carbonyl (C=O) groups excluding carboxylic acids is 2. The molecule has 1 aromatic carbocycles. The molecule has 0 unspecified atom stereocenters. The van der Waals surface area contributed by atoms with Crippen LogP contribution in [-0.4, -0.2) is 25.8 Å². The van der Waals surface area contributed by atoms with Crippen molar-refractivity contribution in [3.8, 4) is 5.75 Å². The van der Waals surface area contributed by atoms with E-state index in [-0.39, 0.29) is 11.3 Å². The van der Waals surface area contributed by atoms with Crippen molar-refractivity contribution in [1.82, 2.24) is 0 Å². The van der Waals surface area contributed by atoms with Crippen LogP contribution in [0.25, 0.3) is 0 Å². The van der Waals surface area contributed by atoms with E-state index in [0.29, 0.717) is 6.61 Å². The second kappa shape index (κ2) is 14.2.